The van der Waals surface area contributed by atoms with Gasteiger partial charge in [-0.05, 0) is 36.5 Å². The maximum absolute atomic E-state index is 12.2. The third-order valence-electron chi connectivity index (χ3n) is 3.00. The number of carbonyl (C=O) groups is 1. The van der Waals surface area contributed by atoms with Crippen molar-refractivity contribution in [3.05, 3.63) is 53.1 Å². The fraction of sp³-hybridized carbons (Fsp3) is 0.125. The first-order valence-electron chi connectivity index (χ1n) is 6.64. The molecule has 0 spiro atoms. The van der Waals surface area contributed by atoms with Gasteiger partial charge in [-0.3, -0.25) is 10.1 Å². The molecular formula is C16H15ClN2O3S. The Morgan fingerprint density at radius 1 is 1.13 bits per heavy atom. The van der Waals surface area contributed by atoms with Gasteiger partial charge in [-0.1, -0.05) is 23.7 Å². The predicted octanol–water partition coefficient (Wildman–Crippen LogP) is 3.48. The van der Waals surface area contributed by atoms with Gasteiger partial charge in [-0.2, -0.15) is 0 Å². The molecule has 0 radical (unpaired) electrons. The minimum Gasteiger partial charge on any atom is -0.497 e. The Morgan fingerprint density at radius 2 is 1.87 bits per heavy atom. The third-order valence-corrected chi connectivity index (χ3v) is 3.53. The van der Waals surface area contributed by atoms with Crippen LogP contribution in [-0.2, 0) is 0 Å². The van der Waals surface area contributed by atoms with Crippen LogP contribution in [0, 0.1) is 0 Å². The normalized spacial score (nSPS) is 9.87. The van der Waals surface area contributed by atoms with Crippen molar-refractivity contribution >= 4 is 40.5 Å². The number of anilines is 1. The maximum atomic E-state index is 12.2. The standard InChI is InChI=1S/C16H15ClN2O3S/c1-21-10-7-8-14(22-2)13(9-10)18-16(23)19-15(20)11-5-3-4-6-12(11)17/h3-9H,1-2H3,(H2,18,19,20,23). The van der Waals surface area contributed by atoms with E-state index in [1.165, 1.54) is 0 Å². The Labute approximate surface area is 144 Å². The van der Waals surface area contributed by atoms with Crippen LogP contribution < -0.4 is 20.1 Å². The number of methoxy groups -OCH3 is 2. The van der Waals surface area contributed by atoms with E-state index in [1.54, 1.807) is 56.7 Å². The molecule has 2 aromatic rings. The summed E-state index contributed by atoms with van der Waals surface area (Å²) in [5.41, 5.74) is 0.923. The minimum atomic E-state index is -0.394. The molecule has 7 heteroatoms. The molecule has 5 nitrogen and oxygen atoms in total. The smallest absolute Gasteiger partial charge is 0.258 e. The zero-order valence-electron chi connectivity index (χ0n) is 12.6. The number of ether oxygens (including phenoxy) is 2. The summed E-state index contributed by atoms with van der Waals surface area (Å²) in [4.78, 5) is 12.2. The average molecular weight is 351 g/mol. The van der Waals surface area contributed by atoms with Gasteiger partial charge in [0, 0.05) is 6.07 Å². The van der Waals surface area contributed by atoms with E-state index in [9.17, 15) is 4.79 Å². The molecule has 0 aliphatic carbocycles. The van der Waals surface area contributed by atoms with Crippen LogP contribution in [0.2, 0.25) is 5.02 Å². The number of nitrogens with one attached hydrogen (secondary N) is 2. The predicted molar refractivity (Wildman–Crippen MR) is 94.7 cm³/mol. The quantitative estimate of drug-likeness (QED) is 0.827. The Bertz CT molecular complexity index is 737. The average Bonchev–Trinajstić information content (AvgIpc) is 2.54. The first kappa shape index (κ1) is 17.1. The molecule has 0 unspecified atom stereocenters. The van der Waals surface area contributed by atoms with Crippen molar-refractivity contribution in [2.75, 3.05) is 19.5 Å². The van der Waals surface area contributed by atoms with E-state index < -0.39 is 5.91 Å². The number of carbonyl (C=O) groups excluding carboxylic acids is 1. The first-order valence-corrected chi connectivity index (χ1v) is 7.42. The van der Waals surface area contributed by atoms with Crippen LogP contribution in [0.25, 0.3) is 0 Å². The number of amides is 1. The maximum Gasteiger partial charge on any atom is 0.258 e. The van der Waals surface area contributed by atoms with Gasteiger partial charge in [0.25, 0.3) is 5.91 Å². The molecule has 2 N–H and O–H groups in total. The summed E-state index contributed by atoms with van der Waals surface area (Å²) < 4.78 is 10.4. The topological polar surface area (TPSA) is 59.6 Å². The van der Waals surface area contributed by atoms with E-state index in [1.807, 2.05) is 0 Å². The molecule has 0 bridgehead atoms. The molecule has 0 aliphatic rings. The summed E-state index contributed by atoms with van der Waals surface area (Å²) in [5, 5.41) is 5.96. The van der Waals surface area contributed by atoms with Crippen LogP contribution in [0.5, 0.6) is 11.5 Å². The van der Waals surface area contributed by atoms with Crippen LogP contribution in [0.3, 0.4) is 0 Å². The lowest BCUT2D eigenvalue weighted by atomic mass is 10.2. The second-order valence-electron chi connectivity index (χ2n) is 4.45. The van der Waals surface area contributed by atoms with Gasteiger partial charge in [0.2, 0.25) is 0 Å². The van der Waals surface area contributed by atoms with E-state index >= 15 is 0 Å². The zero-order valence-corrected chi connectivity index (χ0v) is 14.1. The van der Waals surface area contributed by atoms with Gasteiger partial charge >= 0.3 is 0 Å². The molecule has 0 heterocycles. The largest absolute Gasteiger partial charge is 0.497 e. The number of hydrogen-bond donors (Lipinski definition) is 2. The van der Waals surface area contributed by atoms with Gasteiger partial charge < -0.3 is 14.8 Å². The highest BCUT2D eigenvalue weighted by atomic mass is 35.5. The summed E-state index contributed by atoms with van der Waals surface area (Å²) in [7, 11) is 3.10. The molecule has 0 saturated carbocycles. The van der Waals surface area contributed by atoms with Gasteiger partial charge in [0.05, 0.1) is 30.5 Å². The highest BCUT2D eigenvalue weighted by Crippen LogP contribution is 2.28. The van der Waals surface area contributed by atoms with E-state index in [-0.39, 0.29) is 5.11 Å². The Hall–Kier alpha value is -2.31. The molecule has 0 atom stereocenters. The molecule has 2 aromatic carbocycles. The van der Waals surface area contributed by atoms with Crippen LogP contribution in [0.4, 0.5) is 5.69 Å². The van der Waals surface area contributed by atoms with Crippen LogP contribution in [-0.4, -0.2) is 25.2 Å². The summed E-state index contributed by atoms with van der Waals surface area (Å²) in [6.45, 7) is 0. The summed E-state index contributed by atoms with van der Waals surface area (Å²) in [6.07, 6.45) is 0. The highest BCUT2D eigenvalue weighted by molar-refractivity contribution is 7.80. The Morgan fingerprint density at radius 3 is 2.52 bits per heavy atom. The first-order chi connectivity index (χ1) is 11.0. The molecular weight excluding hydrogens is 336 g/mol. The number of rotatable bonds is 4. The lowest BCUT2D eigenvalue weighted by Crippen LogP contribution is -2.34. The molecule has 2 rings (SSSR count). The second-order valence-corrected chi connectivity index (χ2v) is 5.27. The third kappa shape index (κ3) is 4.34. The number of halogens is 1. The fourth-order valence-corrected chi connectivity index (χ4v) is 2.31. The second kappa shape index (κ2) is 7.80. The van der Waals surface area contributed by atoms with Crippen molar-refractivity contribution in [3.8, 4) is 11.5 Å². The molecule has 0 saturated heterocycles. The number of benzene rings is 2. The molecule has 120 valence electrons. The summed E-state index contributed by atoms with van der Waals surface area (Å²) >= 11 is 11.1. The van der Waals surface area contributed by atoms with E-state index in [2.05, 4.69) is 10.6 Å². The van der Waals surface area contributed by atoms with Gasteiger partial charge in [-0.15, -0.1) is 0 Å². The van der Waals surface area contributed by atoms with Crippen molar-refractivity contribution in [3.63, 3.8) is 0 Å². The van der Waals surface area contributed by atoms with Crippen LogP contribution >= 0.6 is 23.8 Å². The summed E-state index contributed by atoms with van der Waals surface area (Å²) in [5.74, 6) is 0.809. The van der Waals surface area contributed by atoms with Crippen molar-refractivity contribution in [2.24, 2.45) is 0 Å². The summed E-state index contributed by atoms with van der Waals surface area (Å²) in [6, 6.07) is 11.9. The SMILES string of the molecule is COc1ccc(OC)c(NC(=S)NC(=O)c2ccccc2Cl)c1. The number of thiocarbonyl (C=S) groups is 1. The number of hydrogen-bond acceptors (Lipinski definition) is 4. The molecule has 23 heavy (non-hydrogen) atoms. The lowest BCUT2D eigenvalue weighted by Gasteiger charge is -2.14. The van der Waals surface area contributed by atoms with Crippen LogP contribution in [0.1, 0.15) is 10.4 Å². The fourth-order valence-electron chi connectivity index (χ4n) is 1.88. The van der Waals surface area contributed by atoms with E-state index in [0.29, 0.717) is 27.8 Å². The van der Waals surface area contributed by atoms with Gasteiger partial charge in [0.15, 0.2) is 5.11 Å². The van der Waals surface area contributed by atoms with E-state index in [0.717, 1.165) is 0 Å². The van der Waals surface area contributed by atoms with E-state index in [4.69, 9.17) is 33.3 Å². The monoisotopic (exact) mass is 350 g/mol. The molecule has 0 aromatic heterocycles. The van der Waals surface area contributed by atoms with Crippen molar-refractivity contribution in [2.45, 2.75) is 0 Å². The van der Waals surface area contributed by atoms with Gasteiger partial charge in [-0.25, -0.2) is 0 Å². The van der Waals surface area contributed by atoms with Crippen LogP contribution in [0.15, 0.2) is 42.5 Å². The van der Waals surface area contributed by atoms with Crippen molar-refractivity contribution in [1.82, 2.24) is 5.32 Å². The van der Waals surface area contributed by atoms with Gasteiger partial charge in [0.1, 0.15) is 11.5 Å². The molecule has 0 aliphatic heterocycles. The molecule has 1 amide bonds. The minimum absolute atomic E-state index is 0.126. The zero-order chi connectivity index (χ0) is 16.8. The lowest BCUT2D eigenvalue weighted by molar-refractivity contribution is 0.0978. The Balaban J connectivity index is 2.11. The molecule has 0 fully saturated rings. The van der Waals surface area contributed by atoms with Crippen molar-refractivity contribution < 1.29 is 14.3 Å². The Kier molecular flexibility index (Phi) is 5.78. The van der Waals surface area contributed by atoms with Crippen molar-refractivity contribution in [1.29, 1.82) is 0 Å². The highest BCUT2D eigenvalue weighted by Gasteiger charge is 2.13.